The number of piperazine rings is 1. The molecule has 0 bridgehead atoms. The van der Waals surface area contributed by atoms with E-state index in [4.69, 9.17) is 4.52 Å². The van der Waals surface area contributed by atoms with Crippen molar-refractivity contribution in [2.75, 3.05) is 26.2 Å². The minimum absolute atomic E-state index is 0.0622. The molecule has 1 saturated heterocycles. The number of benzene rings is 1. The molecule has 2 aromatic heterocycles. The van der Waals surface area contributed by atoms with Crippen LogP contribution in [0, 0.1) is 20.8 Å². The first-order valence-corrected chi connectivity index (χ1v) is 9.84. The van der Waals surface area contributed by atoms with Gasteiger partial charge in [0.15, 0.2) is 0 Å². The summed E-state index contributed by atoms with van der Waals surface area (Å²) >= 11 is 0. The van der Waals surface area contributed by atoms with Gasteiger partial charge in [-0.15, -0.1) is 0 Å². The zero-order valence-corrected chi connectivity index (χ0v) is 17.3. The van der Waals surface area contributed by atoms with Gasteiger partial charge >= 0.3 is 0 Å². The van der Waals surface area contributed by atoms with E-state index in [0.29, 0.717) is 31.3 Å². The van der Waals surface area contributed by atoms with Crippen LogP contribution in [0.3, 0.4) is 0 Å². The van der Waals surface area contributed by atoms with Crippen molar-refractivity contribution >= 4 is 5.91 Å². The molecule has 0 radical (unpaired) electrons. The van der Waals surface area contributed by atoms with E-state index in [0.717, 1.165) is 35.6 Å². The Morgan fingerprint density at radius 3 is 2.38 bits per heavy atom. The molecule has 0 unspecified atom stereocenters. The Bertz CT molecular complexity index is 1010. The second-order valence-corrected chi connectivity index (χ2v) is 7.62. The molecule has 1 aromatic carbocycles. The van der Waals surface area contributed by atoms with E-state index >= 15 is 0 Å². The number of amides is 1. The van der Waals surface area contributed by atoms with Gasteiger partial charge in [0.05, 0.1) is 17.8 Å². The maximum Gasteiger partial charge on any atom is 0.257 e. The van der Waals surface area contributed by atoms with Gasteiger partial charge in [-0.3, -0.25) is 14.4 Å². The van der Waals surface area contributed by atoms with Crippen molar-refractivity contribution in [3.63, 3.8) is 0 Å². The number of aromatic nitrogens is 4. The van der Waals surface area contributed by atoms with E-state index < -0.39 is 0 Å². The van der Waals surface area contributed by atoms with Crippen LogP contribution < -0.4 is 0 Å². The highest BCUT2D eigenvalue weighted by Crippen LogP contribution is 2.19. The van der Waals surface area contributed by atoms with Gasteiger partial charge in [-0.2, -0.15) is 10.1 Å². The van der Waals surface area contributed by atoms with Crippen LogP contribution in [0.4, 0.5) is 0 Å². The topological polar surface area (TPSA) is 80.3 Å². The molecule has 0 aliphatic carbocycles. The normalized spacial score (nSPS) is 15.1. The minimum atomic E-state index is 0.0622. The van der Waals surface area contributed by atoms with Gasteiger partial charge in [-0.25, -0.2) is 0 Å². The van der Waals surface area contributed by atoms with Crippen LogP contribution in [0.2, 0.25) is 0 Å². The lowest BCUT2D eigenvalue weighted by molar-refractivity contribution is 0.0613. The number of rotatable bonds is 4. The Morgan fingerprint density at radius 1 is 1.07 bits per heavy atom. The van der Waals surface area contributed by atoms with Gasteiger partial charge in [0, 0.05) is 44.5 Å². The third-order valence-corrected chi connectivity index (χ3v) is 5.52. The Balaban J connectivity index is 1.36. The van der Waals surface area contributed by atoms with Crippen LogP contribution in [-0.4, -0.2) is 61.8 Å². The molecule has 8 nitrogen and oxygen atoms in total. The van der Waals surface area contributed by atoms with Gasteiger partial charge in [-0.1, -0.05) is 35.0 Å². The van der Waals surface area contributed by atoms with Gasteiger partial charge in [0.25, 0.3) is 5.91 Å². The zero-order chi connectivity index (χ0) is 20.5. The van der Waals surface area contributed by atoms with Gasteiger partial charge in [0.2, 0.25) is 11.7 Å². The van der Waals surface area contributed by atoms with Gasteiger partial charge in [-0.05, 0) is 20.8 Å². The summed E-state index contributed by atoms with van der Waals surface area (Å²) in [5.74, 6) is 1.27. The number of nitrogens with zero attached hydrogens (tertiary/aromatic N) is 6. The standard InChI is InChI=1S/C21H26N6O2/c1-14-5-7-17(8-6-14)20-22-18(29-24-20)13-26-9-11-27(12-10-26)21(28)19-15(2)23-25(4)16(19)3/h5-8H,9-13H2,1-4H3. The maximum atomic E-state index is 12.9. The molecule has 1 aliphatic rings. The molecule has 0 saturated carbocycles. The largest absolute Gasteiger partial charge is 0.338 e. The molecule has 1 fully saturated rings. The van der Waals surface area contributed by atoms with Gasteiger partial charge in [0.1, 0.15) is 0 Å². The Labute approximate surface area is 170 Å². The van der Waals surface area contributed by atoms with Crippen molar-refractivity contribution in [2.24, 2.45) is 7.05 Å². The number of hydrogen-bond acceptors (Lipinski definition) is 6. The summed E-state index contributed by atoms with van der Waals surface area (Å²) in [6, 6.07) is 8.06. The Morgan fingerprint density at radius 2 is 1.76 bits per heavy atom. The molecule has 1 aliphatic heterocycles. The fraction of sp³-hybridized carbons (Fsp3) is 0.429. The summed E-state index contributed by atoms with van der Waals surface area (Å²) in [5.41, 5.74) is 4.56. The van der Waals surface area contributed by atoms with E-state index in [2.05, 4.69) is 20.1 Å². The van der Waals surface area contributed by atoms with E-state index in [1.807, 2.05) is 57.0 Å². The average molecular weight is 394 g/mol. The summed E-state index contributed by atoms with van der Waals surface area (Å²) in [7, 11) is 1.87. The number of aryl methyl sites for hydroxylation is 3. The lowest BCUT2D eigenvalue weighted by atomic mass is 10.1. The lowest BCUT2D eigenvalue weighted by Crippen LogP contribution is -2.48. The van der Waals surface area contributed by atoms with Crippen molar-refractivity contribution in [2.45, 2.75) is 27.3 Å². The average Bonchev–Trinajstić information content (AvgIpc) is 3.27. The van der Waals surface area contributed by atoms with Crippen LogP contribution >= 0.6 is 0 Å². The van der Waals surface area contributed by atoms with Crippen molar-refractivity contribution in [1.29, 1.82) is 0 Å². The molecule has 29 heavy (non-hydrogen) atoms. The number of hydrogen-bond donors (Lipinski definition) is 0. The summed E-state index contributed by atoms with van der Waals surface area (Å²) in [6.45, 7) is 9.34. The summed E-state index contributed by atoms with van der Waals surface area (Å²) < 4.78 is 7.20. The molecule has 3 heterocycles. The second kappa shape index (κ2) is 7.79. The molecule has 152 valence electrons. The molecular formula is C21H26N6O2. The van der Waals surface area contributed by atoms with Crippen LogP contribution in [0.1, 0.15) is 33.2 Å². The molecule has 3 aromatic rings. The van der Waals surface area contributed by atoms with Crippen LogP contribution in [0.25, 0.3) is 11.4 Å². The minimum Gasteiger partial charge on any atom is -0.338 e. The van der Waals surface area contributed by atoms with E-state index in [1.54, 1.807) is 4.68 Å². The number of carbonyl (C=O) groups excluding carboxylic acids is 1. The molecule has 4 rings (SSSR count). The van der Waals surface area contributed by atoms with E-state index in [9.17, 15) is 4.79 Å². The monoisotopic (exact) mass is 394 g/mol. The van der Waals surface area contributed by atoms with Gasteiger partial charge < -0.3 is 9.42 Å². The quantitative estimate of drug-likeness (QED) is 0.676. The molecule has 0 spiro atoms. The highest BCUT2D eigenvalue weighted by molar-refractivity contribution is 5.96. The van der Waals surface area contributed by atoms with E-state index in [1.165, 1.54) is 5.56 Å². The fourth-order valence-corrected chi connectivity index (χ4v) is 3.68. The second-order valence-electron chi connectivity index (χ2n) is 7.62. The molecule has 8 heteroatoms. The summed E-state index contributed by atoms with van der Waals surface area (Å²) in [4.78, 5) is 21.6. The molecular weight excluding hydrogens is 368 g/mol. The highest BCUT2D eigenvalue weighted by atomic mass is 16.5. The maximum absolute atomic E-state index is 12.9. The zero-order valence-electron chi connectivity index (χ0n) is 17.3. The molecule has 0 N–H and O–H groups in total. The van der Waals surface area contributed by atoms with Crippen molar-refractivity contribution in [3.05, 3.63) is 52.7 Å². The first kappa shape index (κ1) is 19.3. The van der Waals surface area contributed by atoms with Crippen LogP contribution in [0.15, 0.2) is 28.8 Å². The van der Waals surface area contributed by atoms with Crippen molar-refractivity contribution in [1.82, 2.24) is 29.7 Å². The SMILES string of the molecule is Cc1ccc(-c2noc(CN3CCN(C(=O)c4c(C)nn(C)c4C)CC3)n2)cc1. The first-order valence-electron chi connectivity index (χ1n) is 9.84. The lowest BCUT2D eigenvalue weighted by Gasteiger charge is -2.34. The van der Waals surface area contributed by atoms with Crippen LogP contribution in [0.5, 0.6) is 0 Å². The molecule has 1 amide bonds. The predicted molar refractivity (Wildman–Crippen MR) is 108 cm³/mol. The number of carbonyl (C=O) groups is 1. The summed E-state index contributed by atoms with van der Waals surface area (Å²) in [6.07, 6.45) is 0. The van der Waals surface area contributed by atoms with Crippen molar-refractivity contribution < 1.29 is 9.32 Å². The third kappa shape index (κ3) is 3.93. The third-order valence-electron chi connectivity index (χ3n) is 5.52. The van der Waals surface area contributed by atoms with Crippen molar-refractivity contribution in [3.8, 4) is 11.4 Å². The van der Waals surface area contributed by atoms with E-state index in [-0.39, 0.29) is 5.91 Å². The smallest absolute Gasteiger partial charge is 0.257 e. The Kier molecular flexibility index (Phi) is 5.19. The highest BCUT2D eigenvalue weighted by Gasteiger charge is 2.27. The Hall–Kier alpha value is -3.00. The molecule has 0 atom stereocenters. The first-order chi connectivity index (χ1) is 13.9. The fourth-order valence-electron chi connectivity index (χ4n) is 3.68. The van der Waals surface area contributed by atoms with Crippen LogP contribution in [-0.2, 0) is 13.6 Å². The summed E-state index contributed by atoms with van der Waals surface area (Å²) in [5, 5.41) is 8.46. The predicted octanol–water partition coefficient (Wildman–Crippen LogP) is 2.35.